The molecule has 0 amide bonds. The maximum atomic E-state index is 13.4. The summed E-state index contributed by atoms with van der Waals surface area (Å²) < 4.78 is 20.2. The van der Waals surface area contributed by atoms with Crippen LogP contribution >= 0.6 is 12.2 Å². The average Bonchev–Trinajstić information content (AvgIpc) is 2.41. The highest BCUT2D eigenvalue weighted by Crippen LogP contribution is 2.10. The van der Waals surface area contributed by atoms with Gasteiger partial charge >= 0.3 is 0 Å². The number of thiocarbonyl (C=S) groups is 1. The van der Waals surface area contributed by atoms with Gasteiger partial charge in [0.15, 0.2) is 5.75 Å². The number of aromatic nitrogens is 1. The fraction of sp³-hybridized carbons (Fsp3) is 0.143. The number of ether oxygens (including phenoxy) is 1. The molecular weight excluding hydrogens is 279 g/mol. The second-order valence-electron chi connectivity index (χ2n) is 4.15. The van der Waals surface area contributed by atoms with Crippen molar-refractivity contribution in [1.82, 2.24) is 4.57 Å². The third-order valence-electron chi connectivity index (χ3n) is 2.65. The molecule has 0 atom stereocenters. The Bertz CT molecular complexity index is 685. The van der Waals surface area contributed by atoms with Crippen LogP contribution in [0.2, 0.25) is 0 Å². The van der Waals surface area contributed by atoms with Crippen molar-refractivity contribution in [2.75, 3.05) is 0 Å². The van der Waals surface area contributed by atoms with Gasteiger partial charge < -0.3 is 15.0 Å². The Balaban J connectivity index is 2.16. The largest absolute Gasteiger partial charge is 0.483 e. The minimum Gasteiger partial charge on any atom is -0.483 e. The van der Waals surface area contributed by atoms with E-state index in [9.17, 15) is 9.18 Å². The number of nitrogens with zero attached hydrogens (tertiary/aromatic N) is 1. The Morgan fingerprint density at radius 3 is 2.75 bits per heavy atom. The highest BCUT2D eigenvalue weighted by Gasteiger charge is 2.07. The Morgan fingerprint density at radius 2 is 2.05 bits per heavy atom. The van der Waals surface area contributed by atoms with Gasteiger partial charge in [-0.3, -0.25) is 4.79 Å². The second-order valence-corrected chi connectivity index (χ2v) is 4.68. The molecule has 1 aromatic carbocycles. The van der Waals surface area contributed by atoms with Gasteiger partial charge in [0.1, 0.15) is 12.4 Å². The molecule has 1 heterocycles. The van der Waals surface area contributed by atoms with E-state index in [1.807, 2.05) is 0 Å². The van der Waals surface area contributed by atoms with E-state index in [1.165, 1.54) is 16.7 Å². The molecule has 0 bridgehead atoms. The monoisotopic (exact) mass is 292 g/mol. The van der Waals surface area contributed by atoms with Gasteiger partial charge in [-0.1, -0.05) is 30.4 Å². The van der Waals surface area contributed by atoms with Crippen molar-refractivity contribution in [3.8, 4) is 5.75 Å². The fourth-order valence-corrected chi connectivity index (χ4v) is 1.83. The number of halogens is 1. The van der Waals surface area contributed by atoms with Gasteiger partial charge in [-0.2, -0.15) is 0 Å². The predicted octanol–water partition coefficient (Wildman–Crippen LogP) is 1.85. The van der Waals surface area contributed by atoms with Crippen molar-refractivity contribution < 1.29 is 9.13 Å². The number of benzene rings is 1. The highest BCUT2D eigenvalue weighted by molar-refractivity contribution is 7.80. The molecule has 6 heteroatoms. The summed E-state index contributed by atoms with van der Waals surface area (Å²) in [4.78, 5) is 12.2. The van der Waals surface area contributed by atoms with Crippen LogP contribution in [0.15, 0.2) is 47.4 Å². The van der Waals surface area contributed by atoms with Crippen molar-refractivity contribution >= 4 is 17.2 Å². The number of nitrogens with two attached hydrogens (primary N) is 1. The fourth-order valence-electron chi connectivity index (χ4n) is 1.69. The molecule has 0 aliphatic heterocycles. The zero-order chi connectivity index (χ0) is 14.5. The van der Waals surface area contributed by atoms with Crippen LogP contribution in [0.3, 0.4) is 0 Å². The number of pyridine rings is 1. The molecule has 0 aliphatic carbocycles. The van der Waals surface area contributed by atoms with Gasteiger partial charge in [0.2, 0.25) is 0 Å². The van der Waals surface area contributed by atoms with Gasteiger partial charge in [-0.05, 0) is 18.2 Å². The highest BCUT2D eigenvalue weighted by atomic mass is 32.1. The molecule has 0 saturated carbocycles. The van der Waals surface area contributed by atoms with Crippen LogP contribution in [0.4, 0.5) is 4.39 Å². The van der Waals surface area contributed by atoms with Crippen LogP contribution < -0.4 is 16.0 Å². The van der Waals surface area contributed by atoms with E-state index in [2.05, 4.69) is 0 Å². The maximum Gasteiger partial charge on any atom is 0.293 e. The molecule has 104 valence electrons. The van der Waals surface area contributed by atoms with Crippen LogP contribution in [0.25, 0.3) is 0 Å². The van der Waals surface area contributed by atoms with Crippen LogP contribution in [0.1, 0.15) is 5.56 Å². The first kappa shape index (κ1) is 14.2. The number of rotatable bonds is 5. The van der Waals surface area contributed by atoms with Crippen molar-refractivity contribution in [3.05, 3.63) is 64.3 Å². The first-order chi connectivity index (χ1) is 9.58. The number of hydrogen-bond donors (Lipinski definition) is 1. The third kappa shape index (κ3) is 3.42. The van der Waals surface area contributed by atoms with Crippen LogP contribution in [-0.4, -0.2) is 9.56 Å². The van der Waals surface area contributed by atoms with E-state index in [-0.39, 0.29) is 35.3 Å². The lowest BCUT2D eigenvalue weighted by atomic mass is 10.2. The molecule has 2 aromatic rings. The molecule has 1 aromatic heterocycles. The lowest BCUT2D eigenvalue weighted by Gasteiger charge is -2.09. The number of hydrogen-bond acceptors (Lipinski definition) is 3. The zero-order valence-electron chi connectivity index (χ0n) is 10.6. The lowest BCUT2D eigenvalue weighted by molar-refractivity contribution is 0.293. The molecular formula is C14H13FN2O2S. The molecule has 0 radical (unpaired) electrons. The van der Waals surface area contributed by atoms with E-state index < -0.39 is 0 Å². The van der Waals surface area contributed by atoms with Crippen LogP contribution in [-0.2, 0) is 13.2 Å². The Labute approximate surface area is 120 Å². The SMILES string of the molecule is NC(=S)Cn1cccc(OCc2ccccc2F)c1=O. The standard InChI is InChI=1S/C14H13FN2O2S/c15-11-5-2-1-4-10(11)9-19-12-6-3-7-17(14(12)18)8-13(16)20/h1-7H,8-9H2,(H2,16,20). The summed E-state index contributed by atoms with van der Waals surface area (Å²) in [5, 5.41) is 0. The smallest absolute Gasteiger partial charge is 0.293 e. The van der Waals surface area contributed by atoms with E-state index in [4.69, 9.17) is 22.7 Å². The summed E-state index contributed by atoms with van der Waals surface area (Å²) in [5.41, 5.74) is 5.45. The topological polar surface area (TPSA) is 57.2 Å². The minimum atomic E-state index is -0.369. The molecule has 4 nitrogen and oxygen atoms in total. The van der Waals surface area contributed by atoms with Crippen LogP contribution in [0.5, 0.6) is 5.75 Å². The predicted molar refractivity (Wildman–Crippen MR) is 78.2 cm³/mol. The van der Waals surface area contributed by atoms with Crippen molar-refractivity contribution in [2.24, 2.45) is 5.73 Å². The third-order valence-corrected chi connectivity index (χ3v) is 2.78. The minimum absolute atomic E-state index is 0.0149. The summed E-state index contributed by atoms with van der Waals surface area (Å²) in [5.74, 6) is -0.237. The normalized spacial score (nSPS) is 10.2. The van der Waals surface area contributed by atoms with Gasteiger partial charge in [-0.25, -0.2) is 4.39 Å². The Hall–Kier alpha value is -2.21. The van der Waals surface area contributed by atoms with Crippen LogP contribution in [0, 0.1) is 5.82 Å². The molecule has 0 unspecified atom stereocenters. The van der Waals surface area contributed by atoms with Gasteiger partial charge in [0.05, 0.1) is 11.5 Å². The molecule has 0 fully saturated rings. The summed E-state index contributed by atoms with van der Waals surface area (Å²) in [6.07, 6.45) is 1.57. The summed E-state index contributed by atoms with van der Waals surface area (Å²) in [6, 6.07) is 9.42. The first-order valence-corrected chi connectivity index (χ1v) is 6.32. The van der Waals surface area contributed by atoms with E-state index in [0.29, 0.717) is 5.56 Å². The molecule has 2 N–H and O–H groups in total. The zero-order valence-corrected chi connectivity index (χ0v) is 11.4. The Morgan fingerprint density at radius 1 is 1.30 bits per heavy atom. The Kier molecular flexibility index (Phi) is 4.47. The molecule has 20 heavy (non-hydrogen) atoms. The average molecular weight is 292 g/mol. The van der Waals surface area contributed by atoms with E-state index in [0.717, 1.165) is 0 Å². The van der Waals surface area contributed by atoms with Crippen molar-refractivity contribution in [3.63, 3.8) is 0 Å². The quantitative estimate of drug-likeness (QED) is 0.855. The van der Waals surface area contributed by atoms with E-state index >= 15 is 0 Å². The van der Waals surface area contributed by atoms with Gasteiger partial charge in [-0.15, -0.1) is 0 Å². The first-order valence-electron chi connectivity index (χ1n) is 5.92. The maximum absolute atomic E-state index is 13.4. The molecule has 0 saturated heterocycles. The molecule has 2 rings (SSSR count). The van der Waals surface area contributed by atoms with Gasteiger partial charge in [0.25, 0.3) is 5.56 Å². The summed E-state index contributed by atoms with van der Waals surface area (Å²) in [6.45, 7) is 0.129. The summed E-state index contributed by atoms with van der Waals surface area (Å²) >= 11 is 4.77. The second kappa shape index (κ2) is 6.29. The summed E-state index contributed by atoms with van der Waals surface area (Å²) in [7, 11) is 0. The van der Waals surface area contributed by atoms with E-state index in [1.54, 1.807) is 30.5 Å². The van der Waals surface area contributed by atoms with Gasteiger partial charge in [0, 0.05) is 11.8 Å². The van der Waals surface area contributed by atoms with Crippen molar-refractivity contribution in [2.45, 2.75) is 13.2 Å². The van der Waals surface area contributed by atoms with Crippen molar-refractivity contribution in [1.29, 1.82) is 0 Å². The molecule has 0 spiro atoms. The molecule has 0 aliphatic rings. The lowest BCUT2D eigenvalue weighted by Crippen LogP contribution is -2.27.